The standard InChI is InChI=1S/C20H21N3O6/c24-19(10-22-20(25)14-2-1-5-21-9-14)23-6-7-26-16(11-23)12-27-15-3-4-17-18(8-15)29-13-28-17/h1-5,8-9,16H,6-7,10-13H2,(H,22,25). The van der Waals surface area contributed by atoms with Crippen molar-refractivity contribution in [3.63, 3.8) is 0 Å². The van der Waals surface area contributed by atoms with E-state index in [0.717, 1.165) is 0 Å². The number of hydrogen-bond donors (Lipinski definition) is 1. The van der Waals surface area contributed by atoms with Gasteiger partial charge in [0.15, 0.2) is 11.5 Å². The summed E-state index contributed by atoms with van der Waals surface area (Å²) < 4.78 is 22.1. The van der Waals surface area contributed by atoms with Crippen molar-refractivity contribution in [1.29, 1.82) is 0 Å². The fourth-order valence-electron chi connectivity index (χ4n) is 3.07. The van der Waals surface area contributed by atoms with Gasteiger partial charge in [-0.1, -0.05) is 0 Å². The molecule has 0 aliphatic carbocycles. The molecule has 1 unspecified atom stereocenters. The Kier molecular flexibility index (Phi) is 5.76. The number of carbonyl (C=O) groups excluding carboxylic acids is 2. The number of nitrogens with zero attached hydrogens (tertiary/aromatic N) is 2. The van der Waals surface area contributed by atoms with Crippen LogP contribution in [0.4, 0.5) is 0 Å². The third-order valence-corrected chi connectivity index (χ3v) is 4.60. The van der Waals surface area contributed by atoms with Gasteiger partial charge in [0.1, 0.15) is 18.5 Å². The third-order valence-electron chi connectivity index (χ3n) is 4.60. The predicted molar refractivity (Wildman–Crippen MR) is 101 cm³/mol. The highest BCUT2D eigenvalue weighted by Gasteiger charge is 2.25. The lowest BCUT2D eigenvalue weighted by Crippen LogP contribution is -2.50. The average Bonchev–Trinajstić information content (AvgIpc) is 3.24. The number of fused-ring (bicyclic) bond motifs is 1. The Morgan fingerprint density at radius 3 is 3.00 bits per heavy atom. The smallest absolute Gasteiger partial charge is 0.253 e. The van der Waals surface area contributed by atoms with Gasteiger partial charge in [0.05, 0.1) is 25.3 Å². The van der Waals surface area contributed by atoms with E-state index in [0.29, 0.717) is 49.1 Å². The molecule has 0 radical (unpaired) electrons. The summed E-state index contributed by atoms with van der Waals surface area (Å²) in [6, 6.07) is 8.67. The summed E-state index contributed by atoms with van der Waals surface area (Å²) in [7, 11) is 0. The predicted octanol–water partition coefficient (Wildman–Crippen LogP) is 0.846. The van der Waals surface area contributed by atoms with E-state index < -0.39 is 0 Å². The number of nitrogens with one attached hydrogen (secondary N) is 1. The van der Waals surface area contributed by atoms with Crippen LogP contribution in [-0.4, -0.2) is 67.4 Å². The molecule has 0 saturated carbocycles. The fraction of sp³-hybridized carbons (Fsp3) is 0.350. The van der Waals surface area contributed by atoms with Gasteiger partial charge in [0.25, 0.3) is 5.91 Å². The van der Waals surface area contributed by atoms with Crippen molar-refractivity contribution in [1.82, 2.24) is 15.2 Å². The van der Waals surface area contributed by atoms with Crippen molar-refractivity contribution < 1.29 is 28.5 Å². The molecule has 9 heteroatoms. The lowest BCUT2D eigenvalue weighted by Gasteiger charge is -2.33. The Bertz CT molecular complexity index is 876. The van der Waals surface area contributed by atoms with E-state index in [-0.39, 0.29) is 31.3 Å². The van der Waals surface area contributed by atoms with Crippen LogP contribution < -0.4 is 19.5 Å². The number of carbonyl (C=O) groups is 2. The van der Waals surface area contributed by atoms with Crippen LogP contribution in [0.1, 0.15) is 10.4 Å². The maximum atomic E-state index is 12.5. The van der Waals surface area contributed by atoms with Crippen molar-refractivity contribution in [2.24, 2.45) is 0 Å². The van der Waals surface area contributed by atoms with E-state index >= 15 is 0 Å². The average molecular weight is 399 g/mol. The van der Waals surface area contributed by atoms with Crippen molar-refractivity contribution in [2.75, 3.05) is 39.6 Å². The van der Waals surface area contributed by atoms with E-state index in [4.69, 9.17) is 18.9 Å². The molecule has 1 saturated heterocycles. The minimum absolute atomic E-state index is 0.0799. The number of pyridine rings is 1. The molecule has 1 aromatic heterocycles. The van der Waals surface area contributed by atoms with Crippen LogP contribution in [0.2, 0.25) is 0 Å². The van der Waals surface area contributed by atoms with Crippen LogP contribution in [0.15, 0.2) is 42.7 Å². The minimum atomic E-state index is -0.331. The normalized spacial score (nSPS) is 17.7. The monoisotopic (exact) mass is 399 g/mol. The second kappa shape index (κ2) is 8.78. The molecule has 4 rings (SSSR count). The summed E-state index contributed by atoms with van der Waals surface area (Å²) in [5, 5.41) is 2.62. The Morgan fingerprint density at radius 2 is 2.14 bits per heavy atom. The zero-order valence-electron chi connectivity index (χ0n) is 15.7. The lowest BCUT2D eigenvalue weighted by molar-refractivity contribution is -0.138. The first-order chi connectivity index (χ1) is 14.2. The second-order valence-electron chi connectivity index (χ2n) is 6.58. The van der Waals surface area contributed by atoms with Crippen molar-refractivity contribution in [3.8, 4) is 17.2 Å². The first kappa shape index (κ1) is 19.0. The molecule has 2 aliphatic heterocycles. The summed E-state index contributed by atoms with van der Waals surface area (Å²) in [5.41, 5.74) is 0.414. The maximum Gasteiger partial charge on any atom is 0.253 e. The summed E-state index contributed by atoms with van der Waals surface area (Å²) in [5.74, 6) is 1.48. The largest absolute Gasteiger partial charge is 0.491 e. The fourth-order valence-corrected chi connectivity index (χ4v) is 3.07. The van der Waals surface area contributed by atoms with Crippen LogP contribution in [-0.2, 0) is 9.53 Å². The first-order valence-corrected chi connectivity index (χ1v) is 9.29. The molecule has 0 spiro atoms. The Labute approximate surface area is 167 Å². The summed E-state index contributed by atoms with van der Waals surface area (Å²) in [6.07, 6.45) is 2.78. The Hall–Kier alpha value is -3.33. The van der Waals surface area contributed by atoms with E-state index in [1.807, 2.05) is 0 Å². The zero-order chi connectivity index (χ0) is 20.1. The van der Waals surface area contributed by atoms with Crippen LogP contribution in [0.3, 0.4) is 0 Å². The summed E-state index contributed by atoms with van der Waals surface area (Å²) >= 11 is 0. The third kappa shape index (κ3) is 4.75. The molecule has 0 bridgehead atoms. The van der Waals surface area contributed by atoms with E-state index in [9.17, 15) is 9.59 Å². The molecule has 152 valence electrons. The maximum absolute atomic E-state index is 12.5. The number of morpholine rings is 1. The quantitative estimate of drug-likeness (QED) is 0.769. The van der Waals surface area contributed by atoms with Crippen LogP contribution in [0.25, 0.3) is 0 Å². The van der Waals surface area contributed by atoms with Gasteiger partial charge < -0.3 is 29.2 Å². The molecule has 9 nitrogen and oxygen atoms in total. The first-order valence-electron chi connectivity index (χ1n) is 9.29. The van der Waals surface area contributed by atoms with Gasteiger partial charge >= 0.3 is 0 Å². The van der Waals surface area contributed by atoms with Gasteiger partial charge in [0.2, 0.25) is 12.7 Å². The van der Waals surface area contributed by atoms with Crippen LogP contribution in [0.5, 0.6) is 17.2 Å². The highest BCUT2D eigenvalue weighted by Crippen LogP contribution is 2.35. The number of aromatic nitrogens is 1. The molecule has 2 amide bonds. The Balaban J connectivity index is 1.24. The second-order valence-corrected chi connectivity index (χ2v) is 6.58. The molecular formula is C20H21N3O6. The minimum Gasteiger partial charge on any atom is -0.491 e. The summed E-state index contributed by atoms with van der Waals surface area (Å²) in [6.45, 7) is 1.71. The molecule has 2 aliphatic rings. The van der Waals surface area contributed by atoms with Crippen molar-refractivity contribution in [3.05, 3.63) is 48.3 Å². The van der Waals surface area contributed by atoms with Gasteiger partial charge in [-0.25, -0.2) is 0 Å². The number of amides is 2. The van der Waals surface area contributed by atoms with Crippen LogP contribution in [0, 0.1) is 0 Å². The number of hydrogen-bond acceptors (Lipinski definition) is 7. The Morgan fingerprint density at radius 1 is 1.24 bits per heavy atom. The highest BCUT2D eigenvalue weighted by atomic mass is 16.7. The van der Waals surface area contributed by atoms with E-state index in [1.165, 1.54) is 6.20 Å². The number of ether oxygens (including phenoxy) is 4. The molecule has 1 N–H and O–H groups in total. The molecule has 3 heterocycles. The molecule has 1 aromatic carbocycles. The lowest BCUT2D eigenvalue weighted by atomic mass is 10.2. The SMILES string of the molecule is O=C(NCC(=O)N1CCOC(COc2ccc3c(c2)OCO3)C1)c1cccnc1. The van der Waals surface area contributed by atoms with Crippen LogP contribution >= 0.6 is 0 Å². The molecular weight excluding hydrogens is 378 g/mol. The van der Waals surface area contributed by atoms with Gasteiger partial charge in [-0.2, -0.15) is 0 Å². The van der Waals surface area contributed by atoms with E-state index in [2.05, 4.69) is 10.3 Å². The molecule has 1 fully saturated rings. The van der Waals surface area contributed by atoms with Gasteiger partial charge in [-0.05, 0) is 24.3 Å². The molecule has 1 atom stereocenters. The molecule has 29 heavy (non-hydrogen) atoms. The van der Waals surface area contributed by atoms with Crippen molar-refractivity contribution in [2.45, 2.75) is 6.10 Å². The highest BCUT2D eigenvalue weighted by molar-refractivity contribution is 5.96. The number of rotatable bonds is 6. The van der Waals surface area contributed by atoms with E-state index in [1.54, 1.807) is 41.4 Å². The van der Waals surface area contributed by atoms with Crippen molar-refractivity contribution >= 4 is 11.8 Å². The molecule has 2 aromatic rings. The van der Waals surface area contributed by atoms with Gasteiger partial charge in [-0.15, -0.1) is 0 Å². The van der Waals surface area contributed by atoms with Gasteiger partial charge in [0, 0.05) is 25.0 Å². The number of benzene rings is 1. The summed E-state index contributed by atoms with van der Waals surface area (Å²) in [4.78, 5) is 30.1. The topological polar surface area (TPSA) is 99.2 Å². The van der Waals surface area contributed by atoms with Gasteiger partial charge in [-0.3, -0.25) is 14.6 Å². The zero-order valence-corrected chi connectivity index (χ0v) is 15.7.